The van der Waals surface area contributed by atoms with Crippen molar-refractivity contribution in [1.29, 1.82) is 0 Å². The number of ether oxygens (including phenoxy) is 1. The van der Waals surface area contributed by atoms with Crippen LogP contribution in [0.3, 0.4) is 0 Å². The Labute approximate surface area is 178 Å². The van der Waals surface area contributed by atoms with Crippen molar-refractivity contribution in [3.05, 3.63) is 46.9 Å². The van der Waals surface area contributed by atoms with Crippen molar-refractivity contribution in [3.8, 4) is 5.75 Å². The van der Waals surface area contributed by atoms with Crippen LogP contribution in [0.5, 0.6) is 5.75 Å². The van der Waals surface area contributed by atoms with Gasteiger partial charge in [-0.05, 0) is 53.0 Å². The van der Waals surface area contributed by atoms with Crippen molar-refractivity contribution in [2.24, 2.45) is 5.41 Å². The topological polar surface area (TPSA) is 46.6 Å². The monoisotopic (exact) mass is 462 g/mol. The summed E-state index contributed by atoms with van der Waals surface area (Å²) in [5.74, 6) is 0.514. The summed E-state index contributed by atoms with van der Waals surface area (Å²) < 4.78 is 6.18. The molecule has 28 heavy (non-hydrogen) atoms. The Balaban J connectivity index is 2.25. The van der Waals surface area contributed by atoms with Crippen LogP contribution in [0, 0.1) is 5.41 Å². The number of carbonyl (C=O) groups is 2. The molecule has 0 bridgehead atoms. The second-order valence-corrected chi connectivity index (χ2v) is 8.87. The van der Waals surface area contributed by atoms with Crippen LogP contribution in [-0.4, -0.2) is 18.1 Å². The van der Waals surface area contributed by atoms with E-state index < -0.39 is 5.41 Å². The number of para-hydroxylation sites is 1. The fourth-order valence-electron chi connectivity index (χ4n) is 3.59. The van der Waals surface area contributed by atoms with Gasteiger partial charge in [0, 0.05) is 10.6 Å². The van der Waals surface area contributed by atoms with Crippen molar-refractivity contribution in [3.63, 3.8) is 0 Å². The highest BCUT2D eigenvalue weighted by Gasteiger charge is 2.49. The summed E-state index contributed by atoms with van der Waals surface area (Å²) in [6, 6.07) is 13.3. The SMILES string of the molecule is CCCCC1(CC)C(=O)[SH]c2cc(OC)c(Br)cc2N(c2ccccc2)C1=O. The molecule has 1 heterocycles. The number of thiol groups is 1. The Kier molecular flexibility index (Phi) is 6.50. The van der Waals surface area contributed by atoms with Gasteiger partial charge in [0.05, 0.1) is 17.3 Å². The maximum Gasteiger partial charge on any atom is 0.246 e. The van der Waals surface area contributed by atoms with Gasteiger partial charge in [0.2, 0.25) is 5.91 Å². The number of fused-ring (bicyclic) bond motifs is 1. The molecule has 4 nitrogen and oxygen atoms in total. The van der Waals surface area contributed by atoms with Crippen LogP contribution in [0.25, 0.3) is 0 Å². The minimum atomic E-state index is -1.01. The molecule has 0 aliphatic carbocycles. The van der Waals surface area contributed by atoms with E-state index in [1.165, 1.54) is 0 Å². The highest BCUT2D eigenvalue weighted by molar-refractivity contribution is 9.10. The van der Waals surface area contributed by atoms with Gasteiger partial charge in [-0.15, -0.1) is 11.8 Å². The van der Waals surface area contributed by atoms with Gasteiger partial charge in [0.15, 0.2) is 5.12 Å². The number of nitrogens with zero attached hydrogens (tertiary/aromatic N) is 1. The first-order valence-corrected chi connectivity index (χ1v) is 11.2. The minimum absolute atomic E-state index is 0.0301. The number of carbonyl (C=O) groups excluding carboxylic acids is 2. The average Bonchev–Trinajstić information content (AvgIpc) is 2.79. The highest BCUT2D eigenvalue weighted by Crippen LogP contribution is 2.50. The predicted octanol–water partition coefficient (Wildman–Crippen LogP) is 6.07. The molecule has 0 aromatic heterocycles. The molecule has 1 aliphatic heterocycles. The molecular formula is C22H25BrNO3S. The fraction of sp³-hybridized carbons (Fsp3) is 0.364. The van der Waals surface area contributed by atoms with E-state index in [0.717, 1.165) is 33.6 Å². The van der Waals surface area contributed by atoms with E-state index in [9.17, 15) is 9.59 Å². The number of hydrogen-bond acceptors (Lipinski definition) is 3. The lowest BCUT2D eigenvalue weighted by Gasteiger charge is -2.33. The number of hydrogen-bond donors (Lipinski definition) is 1. The maximum absolute atomic E-state index is 13.9. The smallest absolute Gasteiger partial charge is 0.246 e. The third-order valence-electron chi connectivity index (χ3n) is 5.31. The van der Waals surface area contributed by atoms with E-state index in [2.05, 4.69) is 22.9 Å². The molecule has 6 heteroatoms. The molecular weight excluding hydrogens is 438 g/mol. The Morgan fingerprint density at radius 2 is 1.86 bits per heavy atom. The second-order valence-electron chi connectivity index (χ2n) is 6.91. The number of halogens is 1. The van der Waals surface area contributed by atoms with Gasteiger partial charge in [0.25, 0.3) is 0 Å². The van der Waals surface area contributed by atoms with Gasteiger partial charge < -0.3 is 4.74 Å². The molecule has 0 saturated heterocycles. The van der Waals surface area contributed by atoms with E-state index in [-0.39, 0.29) is 11.0 Å². The van der Waals surface area contributed by atoms with E-state index in [1.54, 1.807) is 12.0 Å². The molecule has 149 valence electrons. The molecule has 1 radical (unpaired) electrons. The molecule has 0 saturated carbocycles. The van der Waals surface area contributed by atoms with Gasteiger partial charge >= 0.3 is 0 Å². The lowest BCUT2D eigenvalue weighted by atomic mass is 9.79. The number of methoxy groups -OCH3 is 1. The standard InChI is InChI=1S/C22H25BrNO3S/c1-4-6-12-22(5-2)20(25)24(15-10-8-7-9-11-15)17-13-16(23)18(27-3)14-19(17)28-21(22)26/h7-11,13-14,28H,4-6,12H2,1-3H3. The first kappa shape index (κ1) is 20.9. The Hall–Kier alpha value is -1.79. The molecule has 0 fully saturated rings. The molecule has 1 unspecified atom stereocenters. The quantitative estimate of drug-likeness (QED) is 0.418. The van der Waals surface area contributed by atoms with Crippen molar-refractivity contribution in [2.75, 3.05) is 12.0 Å². The van der Waals surface area contributed by atoms with Crippen molar-refractivity contribution >= 4 is 50.1 Å². The van der Waals surface area contributed by atoms with Crippen LogP contribution in [0.15, 0.2) is 51.8 Å². The molecule has 1 aliphatic rings. The van der Waals surface area contributed by atoms with Gasteiger partial charge in [-0.25, -0.2) is 0 Å². The summed E-state index contributed by atoms with van der Waals surface area (Å²) in [6.07, 6.45) is 2.84. The Morgan fingerprint density at radius 1 is 1.14 bits per heavy atom. The van der Waals surface area contributed by atoms with Crippen LogP contribution in [0.4, 0.5) is 11.4 Å². The zero-order valence-corrected chi connectivity index (χ0v) is 18.8. The molecule has 0 spiro atoms. The van der Waals surface area contributed by atoms with E-state index in [1.807, 2.05) is 49.4 Å². The van der Waals surface area contributed by atoms with E-state index >= 15 is 0 Å². The fourth-order valence-corrected chi connectivity index (χ4v) is 5.35. The van der Waals surface area contributed by atoms with Gasteiger partial charge in [0.1, 0.15) is 11.2 Å². The van der Waals surface area contributed by atoms with Gasteiger partial charge in [-0.3, -0.25) is 14.5 Å². The predicted molar refractivity (Wildman–Crippen MR) is 119 cm³/mol. The molecule has 2 aromatic rings. The van der Waals surface area contributed by atoms with Crippen molar-refractivity contribution in [2.45, 2.75) is 44.4 Å². The molecule has 0 N–H and O–H groups in total. The summed E-state index contributed by atoms with van der Waals surface area (Å²) in [6.45, 7) is 4.02. The van der Waals surface area contributed by atoms with Crippen LogP contribution in [0.1, 0.15) is 39.5 Å². The average molecular weight is 463 g/mol. The van der Waals surface area contributed by atoms with Crippen molar-refractivity contribution < 1.29 is 14.3 Å². The number of benzene rings is 2. The van der Waals surface area contributed by atoms with Gasteiger partial charge in [-0.2, -0.15) is 0 Å². The third kappa shape index (κ3) is 3.60. The summed E-state index contributed by atoms with van der Waals surface area (Å²) in [4.78, 5) is 29.8. The Morgan fingerprint density at radius 3 is 2.46 bits per heavy atom. The zero-order valence-electron chi connectivity index (χ0n) is 16.4. The summed E-state index contributed by atoms with van der Waals surface area (Å²) in [7, 11) is 1.60. The second kappa shape index (κ2) is 8.70. The first-order valence-electron chi connectivity index (χ1n) is 9.51. The van der Waals surface area contributed by atoms with E-state index in [4.69, 9.17) is 4.74 Å². The lowest BCUT2D eigenvalue weighted by molar-refractivity contribution is -0.136. The maximum atomic E-state index is 13.9. The number of rotatable bonds is 6. The number of unbranched alkanes of at least 4 members (excludes halogenated alkanes) is 1. The zero-order chi connectivity index (χ0) is 20.3. The first-order chi connectivity index (χ1) is 13.5. The van der Waals surface area contributed by atoms with Crippen LogP contribution in [-0.2, 0) is 9.59 Å². The highest BCUT2D eigenvalue weighted by atomic mass is 79.9. The number of amides is 1. The lowest BCUT2D eigenvalue weighted by Crippen LogP contribution is -2.44. The van der Waals surface area contributed by atoms with Crippen LogP contribution in [0.2, 0.25) is 0 Å². The molecule has 2 aromatic carbocycles. The van der Waals surface area contributed by atoms with Crippen LogP contribution < -0.4 is 9.64 Å². The summed E-state index contributed by atoms with van der Waals surface area (Å²) >= 11 is 4.07. The normalized spacial score (nSPS) is 19.4. The summed E-state index contributed by atoms with van der Waals surface area (Å²) in [5.41, 5.74) is 0.488. The minimum Gasteiger partial charge on any atom is -0.496 e. The molecule has 1 amide bonds. The number of anilines is 2. The Bertz CT molecular complexity index is 887. The molecule has 1 atom stereocenters. The summed E-state index contributed by atoms with van der Waals surface area (Å²) in [5, 5.41) is -0.0301. The van der Waals surface area contributed by atoms with Crippen molar-refractivity contribution in [1.82, 2.24) is 0 Å². The van der Waals surface area contributed by atoms with E-state index in [0.29, 0.717) is 30.4 Å². The largest absolute Gasteiger partial charge is 0.496 e. The molecule has 3 rings (SSSR count). The third-order valence-corrected chi connectivity index (χ3v) is 7.16. The van der Waals surface area contributed by atoms with Gasteiger partial charge in [-0.1, -0.05) is 44.9 Å². The van der Waals surface area contributed by atoms with Crippen LogP contribution >= 0.6 is 27.7 Å².